The smallest absolute Gasteiger partial charge is 0.341 e. The Hall–Kier alpha value is -0.990. The number of aromatic carboxylic acids is 1. The molecule has 1 aliphatic rings. The molecule has 38 heavy (non-hydrogen) atoms. The lowest BCUT2D eigenvalue weighted by Gasteiger charge is -2.23. The van der Waals surface area contributed by atoms with Gasteiger partial charge in [-0.1, -0.05) is 0 Å². The van der Waals surface area contributed by atoms with Gasteiger partial charge in [0.25, 0.3) is 0 Å². The molecule has 0 spiro atoms. The topological polar surface area (TPSA) is 110 Å². The molecular weight excluding hydrogens is 678 g/mol. The molecule has 1 aliphatic heterocycles. The molecule has 220 valence electrons. The van der Waals surface area contributed by atoms with Gasteiger partial charge >= 0.3 is 5.97 Å². The van der Waals surface area contributed by atoms with Gasteiger partial charge in [-0.15, -0.1) is 98.2 Å². The average molecular weight is 706 g/mol. The number of carboxylic acids is 1. The Morgan fingerprint density at radius 3 is 2.18 bits per heavy atom. The summed E-state index contributed by atoms with van der Waals surface area (Å²) in [7, 11) is 3.24. The minimum Gasteiger partial charge on any atom is -0.477 e. The second-order valence-electron chi connectivity index (χ2n) is 7.19. The van der Waals surface area contributed by atoms with E-state index >= 15 is 8.78 Å². The summed E-state index contributed by atoms with van der Waals surface area (Å²) in [6, 6.07) is 3.15. The third-order valence-electron chi connectivity index (χ3n) is 5.57. The van der Waals surface area contributed by atoms with Crippen LogP contribution in [-0.2, 0) is 4.74 Å². The van der Waals surface area contributed by atoms with E-state index in [0.717, 1.165) is 6.20 Å². The number of halogens is 9. The van der Waals surface area contributed by atoms with E-state index < -0.39 is 39.7 Å². The van der Waals surface area contributed by atoms with Crippen molar-refractivity contribution in [3.05, 3.63) is 51.1 Å². The van der Waals surface area contributed by atoms with Crippen LogP contribution in [-0.4, -0.2) is 55.0 Å². The van der Waals surface area contributed by atoms with Crippen LogP contribution in [0.1, 0.15) is 10.4 Å². The number of carboxylic acid groups (broad SMARTS) is 1. The zero-order valence-electron chi connectivity index (χ0n) is 19.5. The molecule has 1 aromatic carbocycles. The molecule has 3 heterocycles. The molecule has 0 radical (unpaired) electrons. The van der Waals surface area contributed by atoms with Crippen molar-refractivity contribution in [1.82, 2.24) is 9.88 Å². The van der Waals surface area contributed by atoms with Crippen LogP contribution in [0, 0.1) is 11.6 Å². The largest absolute Gasteiger partial charge is 0.477 e. The number of nitrogens with one attached hydrogen (secondary N) is 1. The van der Waals surface area contributed by atoms with Gasteiger partial charge in [-0.25, -0.2) is 13.6 Å². The van der Waals surface area contributed by atoms with Gasteiger partial charge in [0.2, 0.25) is 5.43 Å². The van der Waals surface area contributed by atoms with E-state index in [-0.39, 0.29) is 123 Å². The summed E-state index contributed by atoms with van der Waals surface area (Å²) in [5.41, 5.74) is 3.06. The Morgan fingerprint density at radius 1 is 1.13 bits per heavy atom. The van der Waals surface area contributed by atoms with E-state index in [2.05, 4.69) is 5.32 Å². The Labute approximate surface area is 264 Å². The van der Waals surface area contributed by atoms with Crippen molar-refractivity contribution in [2.24, 2.45) is 0 Å². The molecule has 1 saturated heterocycles. The van der Waals surface area contributed by atoms with E-state index in [1.54, 1.807) is 24.6 Å². The number of ether oxygens (including phenoxy) is 1. The molecule has 2 atom stereocenters. The number of likely N-dealkylation sites (N-methyl/N-ethyl adjacent to an activating group) is 1. The lowest BCUT2D eigenvalue weighted by atomic mass is 10.1. The number of rotatable bonds is 5. The third-order valence-corrected chi connectivity index (χ3v) is 6.43. The third kappa shape index (κ3) is 7.39. The van der Waals surface area contributed by atoms with Gasteiger partial charge in [0.1, 0.15) is 11.3 Å². The van der Waals surface area contributed by atoms with E-state index in [4.69, 9.17) is 10.5 Å². The van der Waals surface area contributed by atoms with Crippen LogP contribution in [0.3, 0.4) is 0 Å². The Kier molecular flexibility index (Phi) is 20.5. The number of nitrogen functional groups attached to an aromatic ring is 1. The molecule has 4 rings (SSSR count). The van der Waals surface area contributed by atoms with E-state index in [1.165, 1.54) is 27.9 Å². The molecular formula is C20H27Cl7F2N4O4S. The van der Waals surface area contributed by atoms with Crippen LogP contribution in [0.2, 0.25) is 0 Å². The lowest BCUT2D eigenvalue weighted by Crippen LogP contribution is -2.37. The Bertz CT molecular complexity index is 1240. The number of anilines is 2. The first-order valence-corrected chi connectivity index (χ1v) is 10.3. The standard InChI is InChI=1S/C20H20F2N4O4S.7ClH/c1-24-10-7-25(8-11(10)30-2)18-14(21)16(23)13-17(15(18)22)26(12-4-3-5-31-12)6-9(19(13)27)20(28)29;;;;;;;/h3-6,10-11,24H,7-8,23H2,1-2H3,(H,28,29);7*1H/t10-,11+;;;;;;;/m0......./s1. The number of thiophene rings is 1. The first kappa shape index (κ1) is 44.0. The minimum atomic E-state index is -1.51. The van der Waals surface area contributed by atoms with Gasteiger partial charge in [0, 0.05) is 26.4 Å². The monoisotopic (exact) mass is 702 g/mol. The number of hydrogen-bond donors (Lipinski definition) is 3. The number of methoxy groups -OCH3 is 1. The zero-order valence-corrected chi connectivity index (χ0v) is 26.1. The highest BCUT2D eigenvalue weighted by atomic mass is 35.5. The fraction of sp³-hybridized carbons (Fsp3) is 0.300. The predicted molar refractivity (Wildman–Crippen MR) is 165 cm³/mol. The van der Waals surface area contributed by atoms with Crippen molar-refractivity contribution in [2.45, 2.75) is 12.1 Å². The number of carbonyl (C=O) groups is 1. The van der Waals surface area contributed by atoms with Crippen molar-refractivity contribution in [3.8, 4) is 5.00 Å². The lowest BCUT2D eigenvalue weighted by molar-refractivity contribution is 0.0695. The summed E-state index contributed by atoms with van der Waals surface area (Å²) in [6.45, 7) is 0.460. The molecule has 0 unspecified atom stereocenters. The van der Waals surface area contributed by atoms with Gasteiger partial charge in [0.05, 0.1) is 33.7 Å². The molecule has 0 bridgehead atoms. The summed E-state index contributed by atoms with van der Waals surface area (Å²) < 4.78 is 37.9. The Balaban J connectivity index is -0.000000826. The zero-order chi connectivity index (χ0) is 22.4. The molecule has 8 nitrogen and oxygen atoms in total. The predicted octanol–water partition coefficient (Wildman–Crippen LogP) is 4.99. The summed E-state index contributed by atoms with van der Waals surface area (Å²) >= 11 is 1.21. The molecule has 4 N–H and O–H groups in total. The summed E-state index contributed by atoms with van der Waals surface area (Å²) in [6.07, 6.45) is 0.732. The maximum atomic E-state index is 15.9. The maximum absolute atomic E-state index is 15.9. The molecule has 1 fully saturated rings. The van der Waals surface area contributed by atoms with Crippen LogP contribution < -0.4 is 21.4 Å². The van der Waals surface area contributed by atoms with Crippen LogP contribution >= 0.6 is 98.2 Å². The van der Waals surface area contributed by atoms with Crippen molar-refractivity contribution in [2.75, 3.05) is 37.9 Å². The number of benzene rings is 1. The van der Waals surface area contributed by atoms with Crippen molar-refractivity contribution < 1.29 is 23.4 Å². The quantitative estimate of drug-likeness (QED) is 0.321. The van der Waals surface area contributed by atoms with E-state index in [1.807, 2.05) is 0 Å². The second kappa shape index (κ2) is 17.6. The van der Waals surface area contributed by atoms with E-state index in [9.17, 15) is 14.7 Å². The van der Waals surface area contributed by atoms with E-state index in [0.29, 0.717) is 5.00 Å². The van der Waals surface area contributed by atoms with Gasteiger partial charge in [-0.3, -0.25) is 4.79 Å². The SMILES string of the molecule is CN[C@H]1CN(c2c(F)c(N)c3c(=O)c(C(=O)O)cn(-c4cccs4)c3c2F)C[C@H]1OC.Cl.Cl.Cl.Cl.Cl.Cl.Cl. The van der Waals surface area contributed by atoms with Gasteiger partial charge in [-0.2, -0.15) is 0 Å². The number of pyridine rings is 1. The van der Waals surface area contributed by atoms with Crippen LogP contribution in [0.25, 0.3) is 15.9 Å². The number of fused-ring (bicyclic) bond motifs is 1. The first-order chi connectivity index (χ1) is 14.8. The van der Waals surface area contributed by atoms with Gasteiger partial charge in [0.15, 0.2) is 11.6 Å². The summed E-state index contributed by atoms with van der Waals surface area (Å²) in [4.78, 5) is 25.9. The number of aromatic nitrogens is 1. The maximum Gasteiger partial charge on any atom is 0.341 e. The normalized spacial score (nSPS) is 15.3. The van der Waals surface area contributed by atoms with Crippen molar-refractivity contribution in [1.29, 1.82) is 0 Å². The molecule has 0 saturated carbocycles. The number of nitrogens with zero attached hydrogens (tertiary/aromatic N) is 2. The second-order valence-corrected chi connectivity index (χ2v) is 8.11. The highest BCUT2D eigenvalue weighted by molar-refractivity contribution is 7.12. The van der Waals surface area contributed by atoms with Crippen molar-refractivity contribution >= 4 is 126 Å². The van der Waals surface area contributed by atoms with Gasteiger partial charge < -0.3 is 30.4 Å². The summed E-state index contributed by atoms with van der Waals surface area (Å²) in [5.74, 6) is -3.61. The molecule has 0 amide bonds. The highest BCUT2D eigenvalue weighted by Crippen LogP contribution is 2.38. The van der Waals surface area contributed by atoms with Crippen LogP contribution in [0.5, 0.6) is 0 Å². The molecule has 2 aromatic heterocycles. The van der Waals surface area contributed by atoms with Crippen molar-refractivity contribution in [3.63, 3.8) is 0 Å². The van der Waals surface area contributed by atoms with Crippen LogP contribution in [0.15, 0.2) is 28.5 Å². The Morgan fingerprint density at radius 2 is 1.74 bits per heavy atom. The number of nitrogens with two attached hydrogens (primary N) is 1. The fourth-order valence-electron chi connectivity index (χ4n) is 4.01. The highest BCUT2D eigenvalue weighted by Gasteiger charge is 2.37. The molecule has 3 aromatic rings. The minimum absolute atomic E-state index is 0. The number of hydrogen-bond acceptors (Lipinski definition) is 7. The molecule has 0 aliphatic carbocycles. The summed E-state index contributed by atoms with van der Waals surface area (Å²) in [5, 5.41) is 14.2. The molecule has 18 heteroatoms. The van der Waals surface area contributed by atoms with Gasteiger partial charge in [-0.05, 0) is 24.6 Å². The first-order valence-electron chi connectivity index (χ1n) is 9.38. The average Bonchev–Trinajstić information content (AvgIpc) is 3.41. The fourth-order valence-corrected chi connectivity index (χ4v) is 4.72. The van der Waals surface area contributed by atoms with Crippen LogP contribution in [0.4, 0.5) is 20.2 Å².